The van der Waals surface area contributed by atoms with E-state index in [-0.39, 0.29) is 5.92 Å². The lowest BCUT2D eigenvalue weighted by Crippen LogP contribution is -2.24. The van der Waals surface area contributed by atoms with E-state index < -0.39 is 12.2 Å². The number of halogens is 2. The zero-order valence-corrected chi connectivity index (χ0v) is 11.5. The maximum absolute atomic E-state index is 9.72. The summed E-state index contributed by atoms with van der Waals surface area (Å²) >= 11 is 12.1. The number of hydrogen-bond donors (Lipinski definition) is 2. The summed E-state index contributed by atoms with van der Waals surface area (Å²) in [7, 11) is 0. The molecule has 0 heterocycles. The van der Waals surface area contributed by atoms with E-state index in [4.69, 9.17) is 23.2 Å². The Bertz CT molecular complexity index is 366. The first-order chi connectivity index (χ1) is 7.95. The first-order valence-electron chi connectivity index (χ1n) is 5.76. The highest BCUT2D eigenvalue weighted by molar-refractivity contribution is 6.33. The van der Waals surface area contributed by atoms with Crippen LogP contribution >= 0.6 is 23.2 Å². The van der Waals surface area contributed by atoms with Crippen LogP contribution in [0.5, 0.6) is 0 Å². The maximum Gasteiger partial charge on any atom is 0.0802 e. The quantitative estimate of drug-likeness (QED) is 0.863. The van der Waals surface area contributed by atoms with Gasteiger partial charge >= 0.3 is 0 Å². The summed E-state index contributed by atoms with van der Waals surface area (Å²) in [6, 6.07) is 5.33. The Kier molecular flexibility index (Phi) is 5.74. The molecule has 1 rings (SSSR count). The average Bonchev–Trinajstić information content (AvgIpc) is 2.29. The number of benzene rings is 1. The molecule has 3 unspecified atom stereocenters. The van der Waals surface area contributed by atoms with Crippen LogP contribution in [0.25, 0.3) is 0 Å². The van der Waals surface area contributed by atoms with Crippen LogP contribution in [0.4, 0.5) is 0 Å². The summed E-state index contributed by atoms with van der Waals surface area (Å²) in [5.74, 6) is 0.103. The van der Waals surface area contributed by atoms with Gasteiger partial charge in [-0.25, -0.2) is 0 Å². The van der Waals surface area contributed by atoms with Gasteiger partial charge in [0.2, 0.25) is 0 Å². The molecule has 0 aliphatic rings. The van der Waals surface area contributed by atoms with Crippen molar-refractivity contribution >= 4 is 23.2 Å². The predicted octanol–water partition coefficient (Wildman–Crippen LogP) is 3.62. The van der Waals surface area contributed by atoms with E-state index in [1.54, 1.807) is 19.1 Å². The smallest absolute Gasteiger partial charge is 0.0802 e. The third-order valence-corrected chi connectivity index (χ3v) is 3.55. The Labute approximate surface area is 112 Å². The Balaban J connectivity index is 2.89. The minimum Gasteiger partial charge on any atom is -0.391 e. The molecule has 0 amide bonds. The Morgan fingerprint density at radius 3 is 2.41 bits per heavy atom. The van der Waals surface area contributed by atoms with Crippen LogP contribution in [0.2, 0.25) is 10.0 Å². The maximum atomic E-state index is 9.72. The van der Waals surface area contributed by atoms with Gasteiger partial charge in [0.1, 0.15) is 0 Å². The highest BCUT2D eigenvalue weighted by Crippen LogP contribution is 2.33. The molecule has 1 aromatic carbocycles. The fraction of sp³-hybridized carbons (Fsp3) is 0.538. The van der Waals surface area contributed by atoms with Crippen molar-refractivity contribution in [1.82, 2.24) is 0 Å². The summed E-state index contributed by atoms with van der Waals surface area (Å²) < 4.78 is 0. The van der Waals surface area contributed by atoms with Crippen molar-refractivity contribution in [2.75, 3.05) is 0 Å². The second-order valence-corrected chi connectivity index (χ2v) is 5.16. The lowest BCUT2D eigenvalue weighted by molar-refractivity contribution is 0.0215. The van der Waals surface area contributed by atoms with Crippen molar-refractivity contribution in [3.8, 4) is 0 Å². The summed E-state index contributed by atoms with van der Waals surface area (Å²) in [6.07, 6.45) is -0.157. The molecular formula is C13H18Cl2O2. The molecule has 0 bridgehead atoms. The van der Waals surface area contributed by atoms with Gasteiger partial charge < -0.3 is 10.2 Å². The molecule has 0 aromatic heterocycles. The zero-order chi connectivity index (χ0) is 13.0. The van der Waals surface area contributed by atoms with E-state index >= 15 is 0 Å². The largest absolute Gasteiger partial charge is 0.391 e. The molecule has 96 valence electrons. The fourth-order valence-corrected chi connectivity index (χ4v) is 2.28. The second kappa shape index (κ2) is 6.60. The Morgan fingerprint density at radius 2 is 1.88 bits per heavy atom. The van der Waals surface area contributed by atoms with Crippen molar-refractivity contribution in [2.45, 2.75) is 44.8 Å². The van der Waals surface area contributed by atoms with Crippen LogP contribution in [0, 0.1) is 0 Å². The van der Waals surface area contributed by atoms with Gasteiger partial charge in [-0.1, -0.05) is 30.1 Å². The van der Waals surface area contributed by atoms with Crippen molar-refractivity contribution in [2.24, 2.45) is 0 Å². The highest BCUT2D eigenvalue weighted by atomic mass is 35.5. The summed E-state index contributed by atoms with van der Waals surface area (Å²) in [5.41, 5.74) is 0.932. The molecule has 4 heteroatoms. The third-order valence-electron chi connectivity index (χ3n) is 2.97. The first kappa shape index (κ1) is 14.8. The SMILES string of the molecule is CCC(CC(O)C(C)O)c1cc(Cl)ccc1Cl. The van der Waals surface area contributed by atoms with E-state index in [2.05, 4.69) is 0 Å². The Hall–Kier alpha value is -0.280. The van der Waals surface area contributed by atoms with Crippen molar-refractivity contribution in [3.05, 3.63) is 33.8 Å². The minimum absolute atomic E-state index is 0.103. The number of hydrogen-bond acceptors (Lipinski definition) is 2. The summed E-state index contributed by atoms with van der Waals surface area (Å²) in [4.78, 5) is 0. The van der Waals surface area contributed by atoms with Gasteiger partial charge in [-0.05, 0) is 49.4 Å². The molecule has 2 N–H and O–H groups in total. The topological polar surface area (TPSA) is 40.5 Å². The third kappa shape index (κ3) is 4.14. The van der Waals surface area contributed by atoms with E-state index in [1.165, 1.54) is 0 Å². The van der Waals surface area contributed by atoms with Gasteiger partial charge in [0.15, 0.2) is 0 Å². The zero-order valence-electron chi connectivity index (χ0n) is 10.0. The first-order valence-corrected chi connectivity index (χ1v) is 6.52. The van der Waals surface area contributed by atoms with Crippen LogP contribution in [-0.2, 0) is 0 Å². The van der Waals surface area contributed by atoms with Crippen molar-refractivity contribution in [1.29, 1.82) is 0 Å². The standard InChI is InChI=1S/C13H18Cl2O2/c1-3-9(6-13(17)8(2)16)11-7-10(14)4-5-12(11)15/h4-5,7-9,13,16-17H,3,6H2,1-2H3. The molecule has 1 aromatic rings. The number of aliphatic hydroxyl groups is 2. The molecule has 0 saturated heterocycles. The monoisotopic (exact) mass is 276 g/mol. The molecule has 3 atom stereocenters. The van der Waals surface area contributed by atoms with E-state index in [1.807, 2.05) is 13.0 Å². The minimum atomic E-state index is -0.741. The van der Waals surface area contributed by atoms with Gasteiger partial charge in [-0.3, -0.25) is 0 Å². The van der Waals surface area contributed by atoms with Crippen molar-refractivity contribution < 1.29 is 10.2 Å². The van der Waals surface area contributed by atoms with Crippen LogP contribution in [0.3, 0.4) is 0 Å². The normalized spacial score (nSPS) is 16.6. The van der Waals surface area contributed by atoms with Gasteiger partial charge in [-0.2, -0.15) is 0 Å². The van der Waals surface area contributed by atoms with Gasteiger partial charge in [0, 0.05) is 10.0 Å². The van der Waals surface area contributed by atoms with E-state index in [0.717, 1.165) is 12.0 Å². The summed E-state index contributed by atoms with van der Waals surface area (Å²) in [6.45, 7) is 3.60. The lowest BCUT2D eigenvalue weighted by atomic mass is 9.89. The van der Waals surface area contributed by atoms with Crippen LogP contribution < -0.4 is 0 Å². The predicted molar refractivity (Wildman–Crippen MR) is 71.8 cm³/mol. The molecular weight excluding hydrogens is 259 g/mol. The molecule has 17 heavy (non-hydrogen) atoms. The van der Waals surface area contributed by atoms with Crippen LogP contribution in [0.15, 0.2) is 18.2 Å². The molecule has 0 saturated carbocycles. The average molecular weight is 277 g/mol. The highest BCUT2D eigenvalue weighted by Gasteiger charge is 2.20. The Morgan fingerprint density at radius 1 is 1.24 bits per heavy atom. The van der Waals surface area contributed by atoms with Gasteiger partial charge in [0.05, 0.1) is 12.2 Å². The number of rotatable bonds is 5. The van der Waals surface area contributed by atoms with Gasteiger partial charge in [-0.15, -0.1) is 0 Å². The molecule has 0 fully saturated rings. The lowest BCUT2D eigenvalue weighted by Gasteiger charge is -2.22. The van der Waals surface area contributed by atoms with E-state index in [0.29, 0.717) is 16.5 Å². The summed E-state index contributed by atoms with van der Waals surface area (Å²) in [5, 5.41) is 20.3. The van der Waals surface area contributed by atoms with Crippen LogP contribution in [0.1, 0.15) is 38.2 Å². The molecule has 0 aliphatic carbocycles. The van der Waals surface area contributed by atoms with Gasteiger partial charge in [0.25, 0.3) is 0 Å². The molecule has 0 spiro atoms. The van der Waals surface area contributed by atoms with Crippen molar-refractivity contribution in [3.63, 3.8) is 0 Å². The van der Waals surface area contributed by atoms with Crippen LogP contribution in [-0.4, -0.2) is 22.4 Å². The molecule has 0 radical (unpaired) electrons. The van der Waals surface area contributed by atoms with E-state index in [9.17, 15) is 10.2 Å². The number of aliphatic hydroxyl groups excluding tert-OH is 2. The molecule has 0 aliphatic heterocycles. The second-order valence-electron chi connectivity index (χ2n) is 4.31. The fourth-order valence-electron chi connectivity index (χ4n) is 1.83. The molecule has 2 nitrogen and oxygen atoms in total.